The zero-order chi connectivity index (χ0) is 10.7. The van der Waals surface area contributed by atoms with Crippen molar-refractivity contribution in [3.05, 3.63) is 0 Å². The molecular weight excluding hydrogens is 206 g/mol. The molecule has 1 rings (SSSR count). The molecule has 1 saturated heterocycles. The fourth-order valence-corrected chi connectivity index (χ4v) is 1.78. The van der Waals surface area contributed by atoms with Gasteiger partial charge in [0, 0.05) is 13.0 Å². The molecule has 14 heavy (non-hydrogen) atoms. The Hall–Kier alpha value is -0.750. The Balaban J connectivity index is 2.69. The maximum absolute atomic E-state index is 11.4. The molecule has 0 saturated carbocycles. The number of carboxylic acid groups (broad SMARTS) is 1. The quantitative estimate of drug-likeness (QED) is 0.551. The van der Waals surface area contributed by atoms with E-state index < -0.39 is 18.1 Å². The molecule has 0 aromatic heterocycles. The van der Waals surface area contributed by atoms with E-state index in [1.165, 1.54) is 4.90 Å². The van der Waals surface area contributed by atoms with E-state index in [4.69, 9.17) is 5.11 Å². The Labute approximate surface area is 87.1 Å². The predicted molar refractivity (Wildman–Crippen MR) is 52.2 cm³/mol. The number of amides is 1. The van der Waals surface area contributed by atoms with Crippen molar-refractivity contribution in [2.45, 2.75) is 25.0 Å². The van der Waals surface area contributed by atoms with Gasteiger partial charge in [-0.1, -0.05) is 0 Å². The lowest BCUT2D eigenvalue weighted by molar-refractivity contribution is -0.150. The van der Waals surface area contributed by atoms with E-state index in [1.807, 2.05) is 0 Å². The highest BCUT2D eigenvalue weighted by Crippen LogP contribution is 2.19. The maximum atomic E-state index is 11.4. The number of aliphatic carboxylic acids is 1. The number of aliphatic hydroxyl groups is 1. The first kappa shape index (κ1) is 11.3. The van der Waals surface area contributed by atoms with Gasteiger partial charge in [-0.2, -0.15) is 12.6 Å². The number of thiol groups is 1. The molecule has 6 heteroatoms. The Morgan fingerprint density at radius 1 is 1.50 bits per heavy atom. The Morgan fingerprint density at radius 2 is 2.14 bits per heavy atom. The summed E-state index contributed by atoms with van der Waals surface area (Å²) in [5, 5.41) is 18.2. The topological polar surface area (TPSA) is 77.8 Å². The maximum Gasteiger partial charge on any atom is 0.329 e. The van der Waals surface area contributed by atoms with Crippen LogP contribution in [0.1, 0.15) is 12.8 Å². The lowest BCUT2D eigenvalue weighted by atomic mass is 10.2. The number of likely N-dealkylation sites (tertiary alicyclic amines) is 1. The van der Waals surface area contributed by atoms with Gasteiger partial charge < -0.3 is 15.1 Å². The molecule has 0 spiro atoms. The van der Waals surface area contributed by atoms with E-state index >= 15 is 0 Å². The summed E-state index contributed by atoms with van der Waals surface area (Å²) in [6.07, 6.45) is -0.411. The van der Waals surface area contributed by atoms with Crippen LogP contribution in [0.3, 0.4) is 0 Å². The van der Waals surface area contributed by atoms with Gasteiger partial charge in [-0.3, -0.25) is 4.79 Å². The zero-order valence-corrected chi connectivity index (χ0v) is 8.48. The van der Waals surface area contributed by atoms with Crippen LogP contribution in [0, 0.1) is 0 Å². The van der Waals surface area contributed by atoms with Crippen molar-refractivity contribution in [2.75, 3.05) is 12.3 Å². The van der Waals surface area contributed by atoms with Crippen molar-refractivity contribution in [1.82, 2.24) is 4.90 Å². The molecule has 0 aromatic rings. The molecule has 1 amide bonds. The summed E-state index contributed by atoms with van der Waals surface area (Å²) >= 11 is 3.90. The van der Waals surface area contributed by atoms with Gasteiger partial charge in [-0.15, -0.1) is 0 Å². The molecule has 0 radical (unpaired) electrons. The van der Waals surface area contributed by atoms with Crippen LogP contribution in [0.15, 0.2) is 0 Å². The standard InChI is InChI=1S/C8H13NO4S/c10-5-1-3-9(6(11)2-4-14)7(5)8(12)13/h5,7,10,14H,1-4H2,(H,12,13)/t5?,7-/m0/s1. The van der Waals surface area contributed by atoms with Gasteiger partial charge >= 0.3 is 5.97 Å². The van der Waals surface area contributed by atoms with Gasteiger partial charge in [0.15, 0.2) is 6.04 Å². The normalized spacial score (nSPS) is 26.6. The molecule has 1 aliphatic heterocycles. The molecule has 1 fully saturated rings. The minimum atomic E-state index is -1.15. The smallest absolute Gasteiger partial charge is 0.329 e. The third-order valence-electron chi connectivity index (χ3n) is 2.27. The van der Waals surface area contributed by atoms with E-state index in [1.54, 1.807) is 0 Å². The number of carboxylic acids is 1. The molecule has 5 nitrogen and oxygen atoms in total. The fraction of sp³-hybridized carbons (Fsp3) is 0.750. The summed E-state index contributed by atoms with van der Waals surface area (Å²) in [6.45, 7) is 0.310. The second-order valence-corrected chi connectivity index (χ2v) is 3.65. The van der Waals surface area contributed by atoms with Crippen molar-refractivity contribution in [2.24, 2.45) is 0 Å². The number of carbonyl (C=O) groups excluding carboxylic acids is 1. The van der Waals surface area contributed by atoms with Crippen LogP contribution in [-0.2, 0) is 9.59 Å². The summed E-state index contributed by atoms with van der Waals surface area (Å²) in [5.74, 6) is -1.02. The average molecular weight is 219 g/mol. The van der Waals surface area contributed by atoms with Crippen molar-refractivity contribution in [3.8, 4) is 0 Å². The lowest BCUT2D eigenvalue weighted by Crippen LogP contribution is -2.45. The lowest BCUT2D eigenvalue weighted by Gasteiger charge is -2.22. The fourth-order valence-electron chi connectivity index (χ4n) is 1.59. The summed E-state index contributed by atoms with van der Waals surface area (Å²) in [4.78, 5) is 23.4. The number of hydrogen-bond donors (Lipinski definition) is 3. The van der Waals surface area contributed by atoms with Crippen LogP contribution in [0.5, 0.6) is 0 Å². The van der Waals surface area contributed by atoms with Crippen molar-refractivity contribution in [3.63, 3.8) is 0 Å². The van der Waals surface area contributed by atoms with E-state index in [-0.39, 0.29) is 12.3 Å². The Kier molecular flexibility index (Phi) is 3.77. The summed E-state index contributed by atoms with van der Waals surface area (Å²) in [7, 11) is 0. The van der Waals surface area contributed by atoms with Gasteiger partial charge in [0.1, 0.15) is 0 Å². The van der Waals surface area contributed by atoms with Crippen LogP contribution in [0.2, 0.25) is 0 Å². The first-order valence-corrected chi connectivity index (χ1v) is 5.02. The number of hydrogen-bond acceptors (Lipinski definition) is 4. The van der Waals surface area contributed by atoms with Crippen LogP contribution >= 0.6 is 12.6 Å². The molecule has 2 N–H and O–H groups in total. The number of nitrogens with zero attached hydrogens (tertiary/aromatic N) is 1. The van der Waals surface area contributed by atoms with Crippen LogP contribution in [-0.4, -0.2) is 51.4 Å². The molecule has 1 unspecified atom stereocenters. The highest BCUT2D eigenvalue weighted by molar-refractivity contribution is 7.80. The third-order valence-corrected chi connectivity index (χ3v) is 2.49. The van der Waals surface area contributed by atoms with Gasteiger partial charge in [0.2, 0.25) is 5.91 Å². The molecule has 2 atom stereocenters. The van der Waals surface area contributed by atoms with Crippen molar-refractivity contribution < 1.29 is 19.8 Å². The zero-order valence-electron chi connectivity index (χ0n) is 7.59. The number of aliphatic hydroxyl groups excluding tert-OH is 1. The average Bonchev–Trinajstić information content (AvgIpc) is 2.47. The van der Waals surface area contributed by atoms with E-state index in [9.17, 15) is 14.7 Å². The van der Waals surface area contributed by atoms with E-state index in [0.717, 1.165) is 0 Å². The first-order valence-electron chi connectivity index (χ1n) is 4.39. The second kappa shape index (κ2) is 4.65. The van der Waals surface area contributed by atoms with Gasteiger partial charge in [0.05, 0.1) is 6.10 Å². The summed E-state index contributed by atoms with van der Waals surface area (Å²) in [5.41, 5.74) is 0. The van der Waals surface area contributed by atoms with E-state index in [0.29, 0.717) is 18.7 Å². The number of carbonyl (C=O) groups is 2. The van der Waals surface area contributed by atoms with Crippen LogP contribution in [0.25, 0.3) is 0 Å². The first-order chi connectivity index (χ1) is 6.57. The Bertz CT molecular complexity index is 245. The minimum absolute atomic E-state index is 0.208. The molecule has 80 valence electrons. The SMILES string of the molecule is O=C(O)[C@@H]1C(O)CCN1C(=O)CCS. The highest BCUT2D eigenvalue weighted by Gasteiger charge is 2.40. The van der Waals surface area contributed by atoms with Crippen LogP contribution < -0.4 is 0 Å². The summed E-state index contributed by atoms with van der Waals surface area (Å²) in [6, 6.07) is -1.08. The molecule has 0 aliphatic carbocycles. The van der Waals surface area contributed by atoms with Crippen LogP contribution in [0.4, 0.5) is 0 Å². The van der Waals surface area contributed by atoms with Gasteiger partial charge in [-0.05, 0) is 12.2 Å². The number of rotatable bonds is 3. The second-order valence-electron chi connectivity index (χ2n) is 3.20. The van der Waals surface area contributed by atoms with Crippen molar-refractivity contribution in [1.29, 1.82) is 0 Å². The molecule has 0 bridgehead atoms. The molecular formula is C8H13NO4S. The predicted octanol–water partition coefficient (Wildman–Crippen LogP) is -0.647. The van der Waals surface area contributed by atoms with E-state index in [2.05, 4.69) is 12.6 Å². The molecule has 0 aromatic carbocycles. The van der Waals surface area contributed by atoms with Gasteiger partial charge in [-0.25, -0.2) is 4.79 Å². The third kappa shape index (κ3) is 2.19. The Morgan fingerprint density at radius 3 is 2.64 bits per heavy atom. The van der Waals surface area contributed by atoms with Gasteiger partial charge in [0.25, 0.3) is 0 Å². The molecule has 1 aliphatic rings. The minimum Gasteiger partial charge on any atom is -0.480 e. The van der Waals surface area contributed by atoms with Crippen molar-refractivity contribution >= 4 is 24.5 Å². The monoisotopic (exact) mass is 219 g/mol. The summed E-state index contributed by atoms with van der Waals surface area (Å²) < 4.78 is 0. The molecule has 1 heterocycles. The highest BCUT2D eigenvalue weighted by atomic mass is 32.1. The largest absolute Gasteiger partial charge is 0.480 e.